The van der Waals surface area contributed by atoms with Crippen molar-refractivity contribution in [1.82, 2.24) is 24.9 Å². The molecule has 0 unspecified atom stereocenters. The van der Waals surface area contributed by atoms with Crippen molar-refractivity contribution in [2.45, 2.75) is 38.8 Å². The smallest absolute Gasteiger partial charge is 0.165 e. The van der Waals surface area contributed by atoms with Crippen molar-refractivity contribution in [1.29, 1.82) is 0 Å². The molecule has 7 nitrogen and oxygen atoms in total. The molecule has 2 aliphatic rings. The SMILES string of the molecule is CC1(C)CSC(c2ccc(-c3nc(-c4ccccc4)nc(-c4ccc(C5=NC(C)(C)CS5)nc4)n3)cn2)=N1. The van der Waals surface area contributed by atoms with Gasteiger partial charge in [-0.2, -0.15) is 0 Å². The largest absolute Gasteiger partial charge is 0.269 e. The van der Waals surface area contributed by atoms with Crippen molar-refractivity contribution in [3.05, 3.63) is 78.4 Å². The summed E-state index contributed by atoms with van der Waals surface area (Å²) in [7, 11) is 0. The third-order valence-electron chi connectivity index (χ3n) is 6.08. The van der Waals surface area contributed by atoms with Gasteiger partial charge >= 0.3 is 0 Å². The number of hydrogen-bond acceptors (Lipinski definition) is 9. The fourth-order valence-corrected chi connectivity index (χ4v) is 6.36. The molecule has 3 aromatic heterocycles. The van der Waals surface area contributed by atoms with Gasteiger partial charge in [0.05, 0.1) is 22.5 Å². The van der Waals surface area contributed by atoms with E-state index in [4.69, 9.17) is 34.9 Å². The van der Waals surface area contributed by atoms with Crippen LogP contribution < -0.4 is 0 Å². The molecular formula is C29H27N7S2. The maximum Gasteiger partial charge on any atom is 0.165 e. The van der Waals surface area contributed by atoms with Crippen LogP contribution in [-0.4, -0.2) is 57.6 Å². The van der Waals surface area contributed by atoms with E-state index in [9.17, 15) is 0 Å². The lowest BCUT2D eigenvalue weighted by Gasteiger charge is -2.10. The second-order valence-corrected chi connectivity index (χ2v) is 12.5. The van der Waals surface area contributed by atoms with E-state index in [2.05, 4.69) is 27.7 Å². The molecule has 0 amide bonds. The molecule has 0 bridgehead atoms. The topological polar surface area (TPSA) is 89.2 Å². The number of aromatic nitrogens is 5. The number of nitrogens with zero attached hydrogens (tertiary/aromatic N) is 7. The molecule has 190 valence electrons. The summed E-state index contributed by atoms with van der Waals surface area (Å²) in [5, 5.41) is 1.95. The second kappa shape index (κ2) is 9.71. The Morgan fingerprint density at radius 1 is 0.553 bits per heavy atom. The van der Waals surface area contributed by atoms with E-state index in [0.29, 0.717) is 17.5 Å². The minimum absolute atomic E-state index is 0.0586. The molecule has 6 rings (SSSR count). The average molecular weight is 538 g/mol. The third kappa shape index (κ3) is 5.26. The molecule has 0 spiro atoms. The zero-order valence-electron chi connectivity index (χ0n) is 21.7. The molecule has 0 radical (unpaired) electrons. The molecule has 5 heterocycles. The van der Waals surface area contributed by atoms with Gasteiger partial charge in [-0.05, 0) is 52.0 Å². The first-order valence-electron chi connectivity index (χ1n) is 12.5. The number of pyridine rings is 2. The highest BCUT2D eigenvalue weighted by Crippen LogP contribution is 2.32. The van der Waals surface area contributed by atoms with E-state index in [1.54, 1.807) is 23.5 Å². The minimum atomic E-state index is -0.0586. The number of rotatable bonds is 5. The Balaban J connectivity index is 1.37. The molecule has 0 atom stereocenters. The Kier molecular flexibility index (Phi) is 6.36. The van der Waals surface area contributed by atoms with Crippen LogP contribution in [0.15, 0.2) is 77.0 Å². The van der Waals surface area contributed by atoms with Crippen LogP contribution in [0.1, 0.15) is 39.1 Å². The number of thioether (sulfide) groups is 2. The van der Waals surface area contributed by atoms with Gasteiger partial charge in [0, 0.05) is 40.6 Å². The van der Waals surface area contributed by atoms with E-state index < -0.39 is 0 Å². The first kappa shape index (κ1) is 24.9. The van der Waals surface area contributed by atoms with Gasteiger partial charge in [-0.1, -0.05) is 30.3 Å². The van der Waals surface area contributed by atoms with E-state index in [1.807, 2.05) is 67.0 Å². The molecule has 0 aliphatic carbocycles. The van der Waals surface area contributed by atoms with E-state index in [-0.39, 0.29) is 11.1 Å². The Morgan fingerprint density at radius 2 is 1.00 bits per heavy atom. The summed E-state index contributed by atoms with van der Waals surface area (Å²) in [5.74, 6) is 3.65. The van der Waals surface area contributed by atoms with Crippen molar-refractivity contribution in [2.75, 3.05) is 11.5 Å². The zero-order chi connectivity index (χ0) is 26.3. The molecule has 2 aliphatic heterocycles. The minimum Gasteiger partial charge on any atom is -0.269 e. The Labute approximate surface area is 230 Å². The van der Waals surface area contributed by atoms with Gasteiger partial charge in [0.1, 0.15) is 10.1 Å². The van der Waals surface area contributed by atoms with E-state index in [0.717, 1.165) is 49.7 Å². The molecule has 0 saturated carbocycles. The van der Waals surface area contributed by atoms with Gasteiger partial charge in [-0.3, -0.25) is 20.0 Å². The summed E-state index contributed by atoms with van der Waals surface area (Å²) in [6, 6.07) is 17.9. The summed E-state index contributed by atoms with van der Waals surface area (Å²) in [5.41, 5.74) is 4.19. The fraction of sp³-hybridized carbons (Fsp3) is 0.276. The molecule has 1 aromatic carbocycles. The summed E-state index contributed by atoms with van der Waals surface area (Å²) in [4.78, 5) is 33.4. The molecule has 9 heteroatoms. The quantitative estimate of drug-likeness (QED) is 0.299. The number of aliphatic imine (C=N–C) groups is 2. The lowest BCUT2D eigenvalue weighted by atomic mass is 10.1. The van der Waals surface area contributed by atoms with Gasteiger partial charge in [-0.15, -0.1) is 23.5 Å². The molecule has 38 heavy (non-hydrogen) atoms. The van der Waals surface area contributed by atoms with Gasteiger partial charge < -0.3 is 0 Å². The maximum atomic E-state index is 4.83. The Bertz CT molecular complexity index is 1450. The zero-order valence-corrected chi connectivity index (χ0v) is 23.3. The van der Waals surface area contributed by atoms with Crippen molar-refractivity contribution in [3.63, 3.8) is 0 Å². The predicted octanol–water partition coefficient (Wildman–Crippen LogP) is 6.21. The monoisotopic (exact) mass is 537 g/mol. The van der Waals surface area contributed by atoms with Crippen LogP contribution in [0.3, 0.4) is 0 Å². The summed E-state index contributed by atoms with van der Waals surface area (Å²) in [6.45, 7) is 8.56. The summed E-state index contributed by atoms with van der Waals surface area (Å²) in [6.07, 6.45) is 3.63. The summed E-state index contributed by atoms with van der Waals surface area (Å²) >= 11 is 3.49. The van der Waals surface area contributed by atoms with Crippen LogP contribution in [0.2, 0.25) is 0 Å². The lowest BCUT2D eigenvalue weighted by molar-refractivity contribution is 0.604. The van der Waals surface area contributed by atoms with Crippen LogP contribution in [0.25, 0.3) is 34.2 Å². The molecule has 4 aromatic rings. The normalized spacial score (nSPS) is 17.8. The predicted molar refractivity (Wildman–Crippen MR) is 158 cm³/mol. The van der Waals surface area contributed by atoms with Gasteiger partial charge in [-0.25, -0.2) is 15.0 Å². The van der Waals surface area contributed by atoms with Gasteiger partial charge in [0.15, 0.2) is 17.5 Å². The number of hydrogen-bond donors (Lipinski definition) is 0. The van der Waals surface area contributed by atoms with Crippen molar-refractivity contribution >= 4 is 33.6 Å². The van der Waals surface area contributed by atoms with Crippen molar-refractivity contribution in [2.24, 2.45) is 9.98 Å². The van der Waals surface area contributed by atoms with Gasteiger partial charge in [0.2, 0.25) is 0 Å². The van der Waals surface area contributed by atoms with Crippen LogP contribution in [0.4, 0.5) is 0 Å². The Morgan fingerprint density at radius 3 is 1.37 bits per heavy atom. The maximum absolute atomic E-state index is 4.83. The van der Waals surface area contributed by atoms with Gasteiger partial charge in [0.25, 0.3) is 0 Å². The Hall–Kier alpha value is -3.43. The summed E-state index contributed by atoms with van der Waals surface area (Å²) < 4.78 is 0. The highest BCUT2D eigenvalue weighted by Gasteiger charge is 2.28. The van der Waals surface area contributed by atoms with Crippen LogP contribution in [0, 0.1) is 0 Å². The first-order valence-corrected chi connectivity index (χ1v) is 14.4. The third-order valence-corrected chi connectivity index (χ3v) is 8.93. The first-order chi connectivity index (χ1) is 18.2. The van der Waals surface area contributed by atoms with Crippen molar-refractivity contribution in [3.8, 4) is 34.2 Å². The molecule has 0 saturated heterocycles. The second-order valence-electron chi connectivity index (χ2n) is 10.6. The van der Waals surface area contributed by atoms with Crippen LogP contribution in [0.5, 0.6) is 0 Å². The van der Waals surface area contributed by atoms with Crippen LogP contribution in [-0.2, 0) is 0 Å². The molecule has 0 N–H and O–H groups in total. The molecule has 0 fully saturated rings. The van der Waals surface area contributed by atoms with Crippen LogP contribution >= 0.6 is 23.5 Å². The van der Waals surface area contributed by atoms with E-state index in [1.165, 1.54) is 0 Å². The lowest BCUT2D eigenvalue weighted by Crippen LogP contribution is -2.15. The highest BCUT2D eigenvalue weighted by atomic mass is 32.2. The highest BCUT2D eigenvalue weighted by molar-refractivity contribution is 8.15. The molecular weight excluding hydrogens is 511 g/mol. The fourth-order valence-electron chi connectivity index (χ4n) is 4.09. The average Bonchev–Trinajstić information content (AvgIpc) is 3.49. The van der Waals surface area contributed by atoms with Crippen molar-refractivity contribution < 1.29 is 0 Å². The standard InChI is InChI=1S/C29H27N7S2/c1-28(2)16-37-26(35-28)21-12-10-19(14-30-21)24-32-23(18-8-6-5-7-9-18)33-25(34-24)20-11-13-22(31-15-20)27-36-29(3,4)17-38-27/h5-15H,16-17H2,1-4H3. The van der Waals surface area contributed by atoms with E-state index >= 15 is 0 Å². The number of benzene rings is 1.